The maximum absolute atomic E-state index is 13.1. The van der Waals surface area contributed by atoms with Gasteiger partial charge >= 0.3 is 39.5 Å². The molecule has 19 heteroatoms. The van der Waals surface area contributed by atoms with Crippen molar-refractivity contribution in [3.8, 4) is 0 Å². The third-order valence-corrected chi connectivity index (χ3v) is 20.9. The number of carbonyl (C=O) groups is 4. The van der Waals surface area contributed by atoms with Crippen LogP contribution in [-0.4, -0.2) is 96.7 Å². The Kier molecular flexibility index (Phi) is 72.6. The zero-order chi connectivity index (χ0) is 74.1. The van der Waals surface area contributed by atoms with Crippen LogP contribution in [0.5, 0.6) is 0 Å². The van der Waals surface area contributed by atoms with Crippen molar-refractivity contribution in [2.75, 3.05) is 39.6 Å². The van der Waals surface area contributed by atoms with Crippen LogP contribution in [0.2, 0.25) is 0 Å². The number of phosphoric ester groups is 2. The third-order valence-electron chi connectivity index (χ3n) is 19.0. The van der Waals surface area contributed by atoms with Gasteiger partial charge in [-0.1, -0.05) is 361 Å². The molecule has 0 saturated heterocycles. The van der Waals surface area contributed by atoms with E-state index in [1.165, 1.54) is 225 Å². The lowest BCUT2D eigenvalue weighted by Crippen LogP contribution is -2.30. The number of hydrogen-bond donors (Lipinski definition) is 3. The van der Waals surface area contributed by atoms with Gasteiger partial charge in [0.25, 0.3) is 0 Å². The molecule has 0 aromatic heterocycles. The number of esters is 4. The average Bonchev–Trinajstić information content (AvgIpc) is 0.972. The molecule has 6 atom stereocenters. The van der Waals surface area contributed by atoms with Gasteiger partial charge in [-0.25, -0.2) is 9.13 Å². The molecule has 0 aromatic rings. The summed E-state index contributed by atoms with van der Waals surface area (Å²) in [5.41, 5.74) is 0. The second-order valence-corrected chi connectivity index (χ2v) is 32.0. The highest BCUT2D eigenvalue weighted by molar-refractivity contribution is 7.47. The predicted octanol–water partition coefficient (Wildman–Crippen LogP) is 24.4. The fourth-order valence-electron chi connectivity index (χ4n) is 12.2. The standard InChI is InChI=1S/C82H156O17P2/c1-6-10-13-16-19-22-25-28-31-33-36-38-41-44-50-55-60-65-79(84)92-71-77(98-81(86)68-63-58-53-46-43-40-37-34-32-29-26-23-20-17-14-11-7-2)73-96-100(88,89)94-69-76(83)70-95-101(90,91)97-74-78(72-93-80(85)66-61-56-51-48-47-49-54-59-64-75(5)9-4)99-82(87)67-62-57-52-45-42-39-35-30-27-24-21-18-15-12-8-3/h24,27,30,35,75-78,83H,6-23,25-26,28-29,31-34,36-74H2,1-5H3,(H,88,89)(H,90,91)/b27-24-,35-30-/t75?,76-,77-,78-/m1/s1. The topological polar surface area (TPSA) is 237 Å². The van der Waals surface area contributed by atoms with Gasteiger partial charge in [0.2, 0.25) is 0 Å². The van der Waals surface area contributed by atoms with Crippen LogP contribution in [-0.2, 0) is 65.4 Å². The molecule has 0 rings (SSSR count). The monoisotopic (exact) mass is 1480 g/mol. The van der Waals surface area contributed by atoms with E-state index in [9.17, 15) is 43.2 Å². The van der Waals surface area contributed by atoms with Crippen LogP contribution in [0.4, 0.5) is 0 Å². The van der Waals surface area contributed by atoms with E-state index in [2.05, 4.69) is 58.9 Å². The summed E-state index contributed by atoms with van der Waals surface area (Å²) < 4.78 is 68.7. The molecule has 0 amide bonds. The number of ether oxygens (including phenoxy) is 4. The zero-order valence-corrected chi connectivity index (χ0v) is 67.3. The van der Waals surface area contributed by atoms with Crippen molar-refractivity contribution in [2.45, 2.75) is 432 Å². The molecule has 17 nitrogen and oxygen atoms in total. The first kappa shape index (κ1) is 98.5. The Labute approximate surface area is 618 Å². The van der Waals surface area contributed by atoms with Gasteiger partial charge in [-0.2, -0.15) is 0 Å². The van der Waals surface area contributed by atoms with Crippen molar-refractivity contribution in [3.63, 3.8) is 0 Å². The lowest BCUT2D eigenvalue weighted by molar-refractivity contribution is -0.161. The Morgan fingerprint density at radius 1 is 0.317 bits per heavy atom. The van der Waals surface area contributed by atoms with E-state index in [1.54, 1.807) is 0 Å². The molecule has 0 aliphatic heterocycles. The Bertz CT molecular complexity index is 2020. The summed E-state index contributed by atoms with van der Waals surface area (Å²) in [6.07, 6.45) is 68.7. The average molecular weight is 1480 g/mol. The first-order chi connectivity index (χ1) is 49.1. The fraction of sp³-hybridized carbons (Fsp3) is 0.902. The second-order valence-electron chi connectivity index (χ2n) is 29.1. The Morgan fingerprint density at radius 3 is 0.842 bits per heavy atom. The van der Waals surface area contributed by atoms with Crippen LogP contribution in [0.25, 0.3) is 0 Å². The molecule has 0 radical (unpaired) electrons. The van der Waals surface area contributed by atoms with E-state index in [1.807, 2.05) is 0 Å². The highest BCUT2D eigenvalue weighted by Crippen LogP contribution is 2.45. The maximum Gasteiger partial charge on any atom is 0.472 e. The number of carbonyl (C=O) groups excluding carboxylic acids is 4. The molecule has 0 bridgehead atoms. The number of allylic oxidation sites excluding steroid dienone is 4. The molecule has 0 aromatic carbocycles. The summed E-state index contributed by atoms with van der Waals surface area (Å²) >= 11 is 0. The molecule has 3 unspecified atom stereocenters. The summed E-state index contributed by atoms with van der Waals surface area (Å²) in [5, 5.41) is 10.6. The Morgan fingerprint density at radius 2 is 0.554 bits per heavy atom. The minimum Gasteiger partial charge on any atom is -0.462 e. The SMILES string of the molecule is CCCCCC/C=C\C=C/CCCCCCCC(=O)O[C@H](COC(=O)CCCCCCCCCCC(C)CC)COP(=O)(O)OC[C@H](O)COP(=O)(O)OC[C@@H](COC(=O)CCCCCCCCCCCCCCCCCCC)OC(=O)CCCCCCCCCCCCCCCCCCC. The van der Waals surface area contributed by atoms with Crippen molar-refractivity contribution >= 4 is 39.5 Å². The van der Waals surface area contributed by atoms with Crippen molar-refractivity contribution < 1.29 is 80.2 Å². The van der Waals surface area contributed by atoms with E-state index >= 15 is 0 Å². The molecule has 3 N–H and O–H groups in total. The maximum atomic E-state index is 13.1. The van der Waals surface area contributed by atoms with Gasteiger partial charge in [-0.15, -0.1) is 0 Å². The van der Waals surface area contributed by atoms with E-state index in [-0.39, 0.29) is 25.7 Å². The number of aliphatic hydroxyl groups is 1. The molecule has 0 aliphatic rings. The molecule has 596 valence electrons. The molecule has 101 heavy (non-hydrogen) atoms. The highest BCUT2D eigenvalue weighted by atomic mass is 31.2. The van der Waals surface area contributed by atoms with Gasteiger partial charge in [0.05, 0.1) is 26.4 Å². The summed E-state index contributed by atoms with van der Waals surface area (Å²) in [4.78, 5) is 73.1. The lowest BCUT2D eigenvalue weighted by Gasteiger charge is -2.21. The third kappa shape index (κ3) is 74.2. The normalized spacial score (nSPS) is 14.3. The molecular formula is C82H156O17P2. The van der Waals surface area contributed by atoms with Gasteiger partial charge in [0.1, 0.15) is 19.3 Å². The molecule has 0 aliphatic carbocycles. The first-order valence-corrected chi connectivity index (χ1v) is 45.0. The van der Waals surface area contributed by atoms with Crippen LogP contribution in [0, 0.1) is 5.92 Å². The molecular weight excluding hydrogens is 1320 g/mol. The van der Waals surface area contributed by atoms with E-state index in [4.69, 9.17) is 37.0 Å². The molecule has 0 heterocycles. The van der Waals surface area contributed by atoms with Crippen LogP contribution in [0.15, 0.2) is 24.3 Å². The Hall–Kier alpha value is -2.46. The fourth-order valence-corrected chi connectivity index (χ4v) is 13.8. The van der Waals surface area contributed by atoms with E-state index in [0.29, 0.717) is 25.7 Å². The number of unbranched alkanes of at least 4 members (excludes halogenated alkanes) is 48. The summed E-state index contributed by atoms with van der Waals surface area (Å²) in [6.45, 7) is 7.27. The van der Waals surface area contributed by atoms with Crippen LogP contribution < -0.4 is 0 Å². The zero-order valence-electron chi connectivity index (χ0n) is 65.5. The highest BCUT2D eigenvalue weighted by Gasteiger charge is 2.30. The number of aliphatic hydroxyl groups excluding tert-OH is 1. The van der Waals surface area contributed by atoms with Crippen molar-refractivity contribution in [1.82, 2.24) is 0 Å². The summed E-state index contributed by atoms with van der Waals surface area (Å²) in [5.74, 6) is -1.36. The van der Waals surface area contributed by atoms with Crippen LogP contribution >= 0.6 is 15.6 Å². The molecule has 0 saturated carbocycles. The van der Waals surface area contributed by atoms with Gasteiger partial charge in [-0.3, -0.25) is 37.3 Å². The summed E-state index contributed by atoms with van der Waals surface area (Å²) in [6, 6.07) is 0. The predicted molar refractivity (Wildman–Crippen MR) is 414 cm³/mol. The minimum atomic E-state index is -4.97. The minimum absolute atomic E-state index is 0.0850. The second kappa shape index (κ2) is 74.4. The van der Waals surface area contributed by atoms with Gasteiger partial charge < -0.3 is 33.8 Å². The lowest BCUT2D eigenvalue weighted by atomic mass is 9.99. The van der Waals surface area contributed by atoms with Gasteiger partial charge in [-0.05, 0) is 57.3 Å². The quantitative estimate of drug-likeness (QED) is 0.0169. The van der Waals surface area contributed by atoms with Crippen molar-refractivity contribution in [3.05, 3.63) is 24.3 Å². The Balaban J connectivity index is 5.30. The number of hydrogen-bond acceptors (Lipinski definition) is 15. The summed E-state index contributed by atoms with van der Waals surface area (Å²) in [7, 11) is -9.93. The van der Waals surface area contributed by atoms with Crippen molar-refractivity contribution in [2.24, 2.45) is 5.92 Å². The van der Waals surface area contributed by atoms with E-state index < -0.39 is 97.5 Å². The number of phosphoric acid groups is 2. The van der Waals surface area contributed by atoms with Gasteiger partial charge in [0, 0.05) is 25.7 Å². The smallest absolute Gasteiger partial charge is 0.462 e. The molecule has 0 fully saturated rings. The van der Waals surface area contributed by atoms with Crippen molar-refractivity contribution in [1.29, 1.82) is 0 Å². The van der Waals surface area contributed by atoms with Crippen LogP contribution in [0.3, 0.4) is 0 Å². The largest absolute Gasteiger partial charge is 0.472 e. The first-order valence-electron chi connectivity index (χ1n) is 42.0. The molecule has 0 spiro atoms. The van der Waals surface area contributed by atoms with E-state index in [0.717, 1.165) is 109 Å². The van der Waals surface area contributed by atoms with Crippen LogP contribution in [0.1, 0.15) is 413 Å². The van der Waals surface area contributed by atoms with Gasteiger partial charge in [0.15, 0.2) is 12.2 Å². The number of rotatable bonds is 80.